The quantitative estimate of drug-likeness (QED) is 0.129. The highest BCUT2D eigenvalue weighted by Gasteiger charge is 2.27. The molecule has 3 aliphatic rings. The second kappa shape index (κ2) is 18.3. The Bertz CT molecular complexity index is 2360. The van der Waals surface area contributed by atoms with Crippen molar-refractivity contribution in [3.63, 3.8) is 0 Å². The van der Waals surface area contributed by atoms with Gasteiger partial charge in [-0.15, -0.1) is 0 Å². The van der Waals surface area contributed by atoms with Crippen LogP contribution in [0.25, 0.3) is 11.3 Å². The zero-order valence-corrected chi connectivity index (χ0v) is 36.2. The van der Waals surface area contributed by atoms with Crippen molar-refractivity contribution < 1.29 is 18.9 Å². The molecule has 0 bridgehead atoms. The van der Waals surface area contributed by atoms with E-state index in [0.29, 0.717) is 42.9 Å². The molecule has 16 nitrogen and oxygen atoms in total. The molecular weight excluding hydrogens is 785 g/mol. The number of nitrogens with zero attached hydrogens (tertiary/aromatic N) is 9. The number of amides is 4. The third kappa shape index (κ3) is 10.2. The molecule has 0 unspecified atom stereocenters. The first-order chi connectivity index (χ1) is 29.8. The van der Waals surface area contributed by atoms with Crippen LogP contribution in [0.3, 0.4) is 0 Å². The normalized spacial score (nSPS) is 17.2. The standard InChI is InChI=1S/C46H56N12O4/c1-30-24-34(8-12-37(30)31(2)50-42(60)43-53-44(54-62-43)46(3,4)5)38-25-40(49-29-48-38)51-39-13-11-36(26-47-39)57-22-20-55(21-23-57)27-33-14-17-56(18-15-33)35-9-6-32(7-10-35)28-58-19-16-41(59)52-45(58)61/h6-13,24-26,29,31,33H,14-23,27-28H2,1-5H3,(H,50,60)(H,52,59,61)(H,47,48,49,51)/t31-/m1/s1. The first-order valence-corrected chi connectivity index (χ1v) is 21.6. The molecule has 3 aromatic heterocycles. The van der Waals surface area contributed by atoms with Gasteiger partial charge >= 0.3 is 17.8 Å². The van der Waals surface area contributed by atoms with Crippen LogP contribution in [-0.4, -0.2) is 105 Å². The fourth-order valence-corrected chi connectivity index (χ4v) is 8.35. The first-order valence-electron chi connectivity index (χ1n) is 21.6. The molecule has 4 amide bonds. The molecule has 3 N–H and O–H groups in total. The third-order valence-electron chi connectivity index (χ3n) is 12.0. The van der Waals surface area contributed by atoms with E-state index in [-0.39, 0.29) is 29.3 Å². The Balaban J connectivity index is 0.773. The van der Waals surface area contributed by atoms with Crippen LogP contribution in [0.1, 0.15) is 86.2 Å². The predicted molar refractivity (Wildman–Crippen MR) is 237 cm³/mol. The molecule has 5 aromatic rings. The number of piperidine rings is 1. The van der Waals surface area contributed by atoms with Crippen molar-refractivity contribution in [2.45, 2.75) is 71.9 Å². The van der Waals surface area contributed by atoms with Gasteiger partial charge in [0.05, 0.1) is 23.6 Å². The fraction of sp³-hybridized carbons (Fsp3) is 0.435. The first kappa shape index (κ1) is 42.3. The van der Waals surface area contributed by atoms with Crippen LogP contribution < -0.4 is 25.8 Å². The Labute approximate surface area is 362 Å². The number of nitrogens with one attached hydrogen (secondary N) is 3. The van der Waals surface area contributed by atoms with Crippen LogP contribution in [0.4, 0.5) is 27.8 Å². The smallest absolute Gasteiger partial charge is 0.324 e. The minimum absolute atomic E-state index is 0.0503. The number of benzene rings is 2. The summed E-state index contributed by atoms with van der Waals surface area (Å²) >= 11 is 0. The summed E-state index contributed by atoms with van der Waals surface area (Å²) in [6.07, 6.45) is 6.17. The molecule has 1 atom stereocenters. The van der Waals surface area contributed by atoms with Crippen molar-refractivity contribution in [2.24, 2.45) is 5.92 Å². The lowest BCUT2D eigenvalue weighted by atomic mass is 9.95. The lowest BCUT2D eigenvalue weighted by molar-refractivity contribution is -0.121. The fourth-order valence-electron chi connectivity index (χ4n) is 8.35. The highest BCUT2D eigenvalue weighted by atomic mass is 16.5. The minimum Gasteiger partial charge on any atom is -0.372 e. The van der Waals surface area contributed by atoms with E-state index in [4.69, 9.17) is 9.51 Å². The Morgan fingerprint density at radius 2 is 1.61 bits per heavy atom. The number of aryl methyl sites for hydroxylation is 1. The number of carbonyl (C=O) groups is 3. The van der Waals surface area contributed by atoms with Gasteiger partial charge in [-0.05, 0) is 79.6 Å². The second-order valence-corrected chi connectivity index (χ2v) is 17.7. The summed E-state index contributed by atoms with van der Waals surface area (Å²) < 4.78 is 5.22. The van der Waals surface area contributed by atoms with Crippen molar-refractivity contribution in [3.8, 4) is 11.3 Å². The SMILES string of the molecule is Cc1cc(-c2cc(Nc3ccc(N4CCN(CC5CCN(c6ccc(CN7CCC(=O)NC7=O)cc6)CC5)CC4)cn3)ncn2)ccc1[C@@H](C)NC(=O)c1nc(C(C)(C)C)no1. The molecule has 16 heteroatoms. The van der Waals surface area contributed by atoms with Crippen LogP contribution in [0.2, 0.25) is 0 Å². The number of pyridine rings is 1. The van der Waals surface area contributed by atoms with Gasteiger partial charge in [-0.3, -0.25) is 19.8 Å². The summed E-state index contributed by atoms with van der Waals surface area (Å²) in [6.45, 7) is 18.0. The number of hydrogen-bond acceptors (Lipinski definition) is 13. The lowest BCUT2D eigenvalue weighted by Gasteiger charge is -2.40. The van der Waals surface area contributed by atoms with Gasteiger partial charge in [0.15, 0.2) is 5.82 Å². The Hall–Kier alpha value is -6.42. The summed E-state index contributed by atoms with van der Waals surface area (Å²) in [4.78, 5) is 63.6. The molecule has 8 rings (SSSR count). The van der Waals surface area contributed by atoms with Crippen molar-refractivity contribution in [1.29, 1.82) is 0 Å². The monoisotopic (exact) mass is 840 g/mol. The number of imide groups is 1. The average Bonchev–Trinajstić information content (AvgIpc) is 3.78. The average molecular weight is 841 g/mol. The molecule has 0 saturated carbocycles. The number of piperazine rings is 1. The summed E-state index contributed by atoms with van der Waals surface area (Å²) in [5.41, 5.74) is 6.76. The molecule has 0 aliphatic carbocycles. The van der Waals surface area contributed by atoms with Gasteiger partial charge in [0.25, 0.3) is 0 Å². The van der Waals surface area contributed by atoms with E-state index in [1.165, 1.54) is 18.5 Å². The number of hydrogen-bond donors (Lipinski definition) is 3. The Kier molecular flexibility index (Phi) is 12.5. The number of carbonyl (C=O) groups excluding carboxylic acids is 3. The van der Waals surface area contributed by atoms with Crippen molar-refractivity contribution in [3.05, 3.63) is 102 Å². The summed E-state index contributed by atoms with van der Waals surface area (Å²) in [6, 6.07) is 20.0. The predicted octanol–water partition coefficient (Wildman–Crippen LogP) is 6.24. The van der Waals surface area contributed by atoms with Gasteiger partial charge in [0, 0.05) is 88.1 Å². The summed E-state index contributed by atoms with van der Waals surface area (Å²) in [5.74, 6) is 1.85. The highest BCUT2D eigenvalue weighted by Crippen LogP contribution is 2.29. The molecule has 6 heterocycles. The Morgan fingerprint density at radius 1 is 0.871 bits per heavy atom. The van der Waals surface area contributed by atoms with E-state index in [0.717, 1.165) is 79.4 Å². The number of anilines is 4. The van der Waals surface area contributed by atoms with Crippen LogP contribution in [0.15, 0.2) is 77.7 Å². The van der Waals surface area contributed by atoms with Crippen LogP contribution in [0.5, 0.6) is 0 Å². The number of aromatic nitrogens is 5. The van der Waals surface area contributed by atoms with Gasteiger partial charge in [-0.1, -0.05) is 50.2 Å². The van der Waals surface area contributed by atoms with Gasteiger partial charge in [0.2, 0.25) is 5.91 Å². The molecule has 3 fully saturated rings. The van der Waals surface area contributed by atoms with Crippen molar-refractivity contribution in [1.82, 2.24) is 45.5 Å². The Morgan fingerprint density at radius 3 is 2.29 bits per heavy atom. The van der Waals surface area contributed by atoms with Gasteiger partial charge in [0.1, 0.15) is 18.0 Å². The molecular formula is C46H56N12O4. The van der Waals surface area contributed by atoms with Crippen LogP contribution >= 0.6 is 0 Å². The maximum atomic E-state index is 12.9. The van der Waals surface area contributed by atoms with Crippen molar-refractivity contribution >= 4 is 40.9 Å². The third-order valence-corrected chi connectivity index (χ3v) is 12.0. The topological polar surface area (TPSA) is 178 Å². The largest absolute Gasteiger partial charge is 0.372 e. The van der Waals surface area contributed by atoms with Crippen LogP contribution in [0, 0.1) is 12.8 Å². The molecule has 3 saturated heterocycles. The summed E-state index contributed by atoms with van der Waals surface area (Å²) in [7, 11) is 0. The molecule has 0 spiro atoms. The van der Waals surface area contributed by atoms with E-state index in [1.54, 1.807) is 11.2 Å². The zero-order chi connectivity index (χ0) is 43.4. The maximum absolute atomic E-state index is 12.9. The minimum atomic E-state index is -0.412. The second-order valence-electron chi connectivity index (χ2n) is 17.7. The molecule has 3 aliphatic heterocycles. The van der Waals surface area contributed by atoms with Crippen LogP contribution in [-0.2, 0) is 16.8 Å². The highest BCUT2D eigenvalue weighted by molar-refractivity contribution is 5.96. The number of urea groups is 1. The van der Waals surface area contributed by atoms with E-state index in [9.17, 15) is 14.4 Å². The molecule has 2 aromatic carbocycles. The molecule has 0 radical (unpaired) electrons. The van der Waals surface area contributed by atoms with Gasteiger partial charge in [-0.25, -0.2) is 19.7 Å². The zero-order valence-electron chi connectivity index (χ0n) is 36.2. The van der Waals surface area contributed by atoms with Gasteiger partial charge < -0.3 is 29.9 Å². The van der Waals surface area contributed by atoms with E-state index in [1.807, 2.05) is 65.1 Å². The van der Waals surface area contributed by atoms with E-state index in [2.05, 4.69) is 87.2 Å². The lowest BCUT2D eigenvalue weighted by Crippen LogP contribution is -2.49. The molecule has 324 valence electrons. The van der Waals surface area contributed by atoms with E-state index >= 15 is 0 Å². The molecule has 62 heavy (non-hydrogen) atoms. The number of rotatable bonds is 12. The maximum Gasteiger partial charge on any atom is 0.324 e. The van der Waals surface area contributed by atoms with Gasteiger partial charge in [-0.2, -0.15) is 4.98 Å². The van der Waals surface area contributed by atoms with E-state index < -0.39 is 5.91 Å². The summed E-state index contributed by atoms with van der Waals surface area (Å²) in [5, 5.41) is 12.7. The van der Waals surface area contributed by atoms with Crippen molar-refractivity contribution in [2.75, 3.05) is 67.5 Å².